The predicted molar refractivity (Wildman–Crippen MR) is 86.7 cm³/mol. The molecule has 5 heteroatoms. The average molecular weight is 296 g/mol. The van der Waals surface area contributed by atoms with E-state index in [4.69, 9.17) is 0 Å². The molecule has 0 radical (unpaired) electrons. The minimum Gasteiger partial charge on any atom is -0.337 e. The van der Waals surface area contributed by atoms with E-state index >= 15 is 0 Å². The Labute approximate surface area is 130 Å². The molecule has 0 N–H and O–H groups in total. The summed E-state index contributed by atoms with van der Waals surface area (Å²) in [6.07, 6.45) is 7.15. The maximum Gasteiger partial charge on any atom is 0.246 e. The molecule has 3 rings (SSSR count). The number of hydrogen-bond donors (Lipinski definition) is 0. The van der Waals surface area contributed by atoms with Crippen LogP contribution in [0.3, 0.4) is 0 Å². The molecule has 22 heavy (non-hydrogen) atoms. The maximum atomic E-state index is 12.1. The van der Waals surface area contributed by atoms with Gasteiger partial charge in [0.2, 0.25) is 5.91 Å². The van der Waals surface area contributed by atoms with E-state index in [0.717, 1.165) is 37.4 Å². The van der Waals surface area contributed by atoms with Crippen LogP contribution in [0, 0.1) is 0 Å². The second-order valence-electron chi connectivity index (χ2n) is 5.52. The van der Waals surface area contributed by atoms with Crippen molar-refractivity contribution in [3.8, 4) is 5.69 Å². The standard InChI is InChI=1S/C17H20N4O/c1-19-9-11-20(12-10-19)17(22)8-7-15-13-18-21(14-15)16-5-3-2-4-6-16/h2-8,13-14H,9-12H2,1H3/b8-7+. The van der Waals surface area contributed by atoms with Crippen molar-refractivity contribution in [1.29, 1.82) is 0 Å². The third-order valence-electron chi connectivity index (χ3n) is 3.86. The van der Waals surface area contributed by atoms with E-state index in [-0.39, 0.29) is 5.91 Å². The summed E-state index contributed by atoms with van der Waals surface area (Å²) < 4.78 is 1.81. The molecular formula is C17H20N4O. The Hall–Kier alpha value is -2.40. The number of para-hydroxylation sites is 1. The van der Waals surface area contributed by atoms with Gasteiger partial charge in [-0.05, 0) is 25.3 Å². The molecule has 1 saturated heterocycles. The van der Waals surface area contributed by atoms with Gasteiger partial charge in [-0.1, -0.05) is 18.2 Å². The first kappa shape index (κ1) is 14.5. The van der Waals surface area contributed by atoms with E-state index in [2.05, 4.69) is 17.0 Å². The number of amides is 1. The number of piperazine rings is 1. The lowest BCUT2D eigenvalue weighted by Crippen LogP contribution is -2.46. The molecule has 0 saturated carbocycles. The molecule has 5 nitrogen and oxygen atoms in total. The van der Waals surface area contributed by atoms with Gasteiger partial charge >= 0.3 is 0 Å². The number of likely N-dealkylation sites (N-methyl/N-ethyl adjacent to an activating group) is 1. The van der Waals surface area contributed by atoms with Gasteiger partial charge in [0.25, 0.3) is 0 Å². The summed E-state index contributed by atoms with van der Waals surface area (Å²) in [7, 11) is 2.08. The smallest absolute Gasteiger partial charge is 0.246 e. The fraction of sp³-hybridized carbons (Fsp3) is 0.294. The highest BCUT2D eigenvalue weighted by molar-refractivity contribution is 5.91. The SMILES string of the molecule is CN1CCN(C(=O)/C=C/c2cnn(-c3ccccc3)c2)CC1. The summed E-state index contributed by atoms with van der Waals surface area (Å²) in [5.74, 6) is 0.0700. The number of carbonyl (C=O) groups is 1. The van der Waals surface area contributed by atoms with Crippen molar-refractivity contribution in [2.45, 2.75) is 0 Å². The average Bonchev–Trinajstić information content (AvgIpc) is 3.03. The Morgan fingerprint density at radius 2 is 1.86 bits per heavy atom. The number of aromatic nitrogens is 2. The second kappa shape index (κ2) is 6.58. The highest BCUT2D eigenvalue weighted by Crippen LogP contribution is 2.09. The van der Waals surface area contributed by atoms with Crippen molar-refractivity contribution < 1.29 is 4.79 Å². The molecule has 0 spiro atoms. The molecule has 0 aliphatic carbocycles. The Bertz CT molecular complexity index is 654. The van der Waals surface area contributed by atoms with E-state index in [0.29, 0.717) is 0 Å². The van der Waals surface area contributed by atoms with Crippen LogP contribution in [-0.4, -0.2) is 58.7 Å². The fourth-order valence-corrected chi connectivity index (χ4v) is 2.44. The van der Waals surface area contributed by atoms with Crippen LogP contribution in [0.5, 0.6) is 0 Å². The molecule has 1 aromatic heterocycles. The molecule has 1 aliphatic heterocycles. The van der Waals surface area contributed by atoms with Gasteiger partial charge in [-0.2, -0.15) is 5.10 Å². The lowest BCUT2D eigenvalue weighted by atomic mass is 10.3. The third kappa shape index (κ3) is 3.43. The van der Waals surface area contributed by atoms with Crippen LogP contribution in [0.15, 0.2) is 48.8 Å². The fourth-order valence-electron chi connectivity index (χ4n) is 2.44. The zero-order valence-electron chi connectivity index (χ0n) is 12.7. The van der Waals surface area contributed by atoms with E-state index in [1.165, 1.54) is 0 Å². The van der Waals surface area contributed by atoms with Crippen molar-refractivity contribution >= 4 is 12.0 Å². The summed E-state index contributed by atoms with van der Waals surface area (Å²) in [6.45, 7) is 3.46. The molecule has 2 heterocycles. The van der Waals surface area contributed by atoms with Crippen molar-refractivity contribution in [3.63, 3.8) is 0 Å². The molecular weight excluding hydrogens is 276 g/mol. The topological polar surface area (TPSA) is 41.4 Å². The van der Waals surface area contributed by atoms with Crippen LogP contribution in [0.25, 0.3) is 11.8 Å². The quantitative estimate of drug-likeness (QED) is 0.809. The summed E-state index contributed by atoms with van der Waals surface area (Å²) in [4.78, 5) is 16.3. The van der Waals surface area contributed by atoms with Gasteiger partial charge in [0.05, 0.1) is 11.9 Å². The number of hydrogen-bond acceptors (Lipinski definition) is 3. The van der Waals surface area contributed by atoms with Gasteiger partial charge in [-0.3, -0.25) is 4.79 Å². The zero-order chi connectivity index (χ0) is 15.4. The van der Waals surface area contributed by atoms with Crippen molar-refractivity contribution in [2.24, 2.45) is 0 Å². The van der Waals surface area contributed by atoms with E-state index in [1.807, 2.05) is 47.5 Å². The Kier molecular flexibility index (Phi) is 4.34. The minimum absolute atomic E-state index is 0.0700. The molecule has 0 unspecified atom stereocenters. The van der Waals surface area contributed by atoms with Crippen LogP contribution in [0.2, 0.25) is 0 Å². The van der Waals surface area contributed by atoms with E-state index < -0.39 is 0 Å². The van der Waals surface area contributed by atoms with E-state index in [9.17, 15) is 4.79 Å². The first-order chi connectivity index (χ1) is 10.7. The first-order valence-electron chi connectivity index (χ1n) is 7.48. The summed E-state index contributed by atoms with van der Waals surface area (Å²) in [5.41, 5.74) is 1.93. The summed E-state index contributed by atoms with van der Waals surface area (Å²) >= 11 is 0. The van der Waals surface area contributed by atoms with Crippen molar-refractivity contribution in [2.75, 3.05) is 33.2 Å². The monoisotopic (exact) mass is 296 g/mol. The number of nitrogens with zero attached hydrogens (tertiary/aromatic N) is 4. The third-order valence-corrected chi connectivity index (χ3v) is 3.86. The molecule has 0 bridgehead atoms. The molecule has 0 atom stereocenters. The van der Waals surface area contributed by atoms with Gasteiger partial charge in [-0.25, -0.2) is 4.68 Å². The van der Waals surface area contributed by atoms with Crippen molar-refractivity contribution in [3.05, 3.63) is 54.4 Å². The second-order valence-corrected chi connectivity index (χ2v) is 5.52. The predicted octanol–water partition coefficient (Wildman–Crippen LogP) is 1.66. The Balaban J connectivity index is 1.63. The van der Waals surface area contributed by atoms with Crippen LogP contribution < -0.4 is 0 Å². The van der Waals surface area contributed by atoms with Crippen molar-refractivity contribution in [1.82, 2.24) is 19.6 Å². The van der Waals surface area contributed by atoms with Gasteiger partial charge in [-0.15, -0.1) is 0 Å². The number of rotatable bonds is 3. The van der Waals surface area contributed by atoms with E-state index in [1.54, 1.807) is 17.0 Å². The molecule has 1 amide bonds. The molecule has 114 valence electrons. The van der Waals surface area contributed by atoms with Crippen LogP contribution in [-0.2, 0) is 4.79 Å². The van der Waals surface area contributed by atoms with Gasteiger partial charge < -0.3 is 9.80 Å². The maximum absolute atomic E-state index is 12.1. The van der Waals surface area contributed by atoms with Crippen LogP contribution in [0.1, 0.15) is 5.56 Å². The molecule has 1 aliphatic rings. The van der Waals surface area contributed by atoms with Crippen LogP contribution >= 0.6 is 0 Å². The molecule has 1 fully saturated rings. The largest absolute Gasteiger partial charge is 0.337 e. The highest BCUT2D eigenvalue weighted by atomic mass is 16.2. The summed E-state index contributed by atoms with van der Waals surface area (Å²) in [5, 5.41) is 4.32. The number of carbonyl (C=O) groups excluding carboxylic acids is 1. The molecule has 1 aromatic carbocycles. The van der Waals surface area contributed by atoms with Gasteiger partial charge in [0.15, 0.2) is 0 Å². The number of benzene rings is 1. The zero-order valence-corrected chi connectivity index (χ0v) is 12.7. The highest BCUT2D eigenvalue weighted by Gasteiger charge is 2.16. The lowest BCUT2D eigenvalue weighted by molar-refractivity contribution is -0.127. The molecule has 2 aromatic rings. The van der Waals surface area contributed by atoms with Gasteiger partial charge in [0.1, 0.15) is 0 Å². The first-order valence-corrected chi connectivity index (χ1v) is 7.48. The van der Waals surface area contributed by atoms with Crippen LogP contribution in [0.4, 0.5) is 0 Å². The van der Waals surface area contributed by atoms with Gasteiger partial charge in [0, 0.05) is 44.0 Å². The lowest BCUT2D eigenvalue weighted by Gasteiger charge is -2.31. The minimum atomic E-state index is 0.0700. The Morgan fingerprint density at radius 3 is 2.59 bits per heavy atom. The summed E-state index contributed by atoms with van der Waals surface area (Å²) in [6, 6.07) is 9.92. The Morgan fingerprint density at radius 1 is 1.14 bits per heavy atom. The normalized spacial score (nSPS) is 16.3.